The Morgan fingerprint density at radius 3 is 2.54 bits per heavy atom. The number of hydrogen-bond acceptors (Lipinski definition) is 4. The molecule has 166 valence electrons. The van der Waals surface area contributed by atoms with Crippen LogP contribution in [-0.2, 0) is 4.74 Å². The van der Waals surface area contributed by atoms with E-state index in [0.717, 1.165) is 45.3 Å². The molecule has 0 spiro atoms. The number of aliphatic imine (C=N–C) groups is 1. The van der Waals surface area contributed by atoms with E-state index in [1.807, 2.05) is 7.05 Å². The van der Waals surface area contributed by atoms with Gasteiger partial charge in [0.2, 0.25) is 0 Å². The molecule has 0 aromatic carbocycles. The zero-order valence-corrected chi connectivity index (χ0v) is 20.7. The molecule has 0 aliphatic carbocycles. The molecule has 28 heavy (non-hydrogen) atoms. The summed E-state index contributed by atoms with van der Waals surface area (Å²) < 4.78 is 5.91. The number of nitrogens with one attached hydrogen (secondary N) is 2. The minimum atomic E-state index is 0. The third-order valence-electron chi connectivity index (χ3n) is 5.46. The number of guanidine groups is 1. The summed E-state index contributed by atoms with van der Waals surface area (Å²) in [6, 6.07) is 0. The van der Waals surface area contributed by atoms with Crippen molar-refractivity contribution in [2.45, 2.75) is 58.5 Å². The average molecular weight is 510 g/mol. The van der Waals surface area contributed by atoms with Gasteiger partial charge in [-0.05, 0) is 51.2 Å². The van der Waals surface area contributed by atoms with Crippen molar-refractivity contribution in [3.63, 3.8) is 0 Å². The van der Waals surface area contributed by atoms with Crippen LogP contribution in [0.15, 0.2) is 4.99 Å². The van der Waals surface area contributed by atoms with Crippen molar-refractivity contribution in [1.82, 2.24) is 20.4 Å². The second-order valence-corrected chi connectivity index (χ2v) is 8.49. The highest BCUT2D eigenvalue weighted by Crippen LogP contribution is 2.10. The first kappa shape index (κ1) is 25.9. The van der Waals surface area contributed by atoms with Crippen LogP contribution in [-0.4, -0.2) is 87.9 Å². The molecule has 1 atom stereocenters. The smallest absolute Gasteiger partial charge is 0.191 e. The lowest BCUT2D eigenvalue weighted by molar-refractivity contribution is -0.0284. The monoisotopic (exact) mass is 509 g/mol. The van der Waals surface area contributed by atoms with Gasteiger partial charge in [-0.2, -0.15) is 0 Å². The van der Waals surface area contributed by atoms with E-state index in [-0.39, 0.29) is 30.1 Å². The summed E-state index contributed by atoms with van der Waals surface area (Å²) in [6.45, 7) is 14.3. The quantitative estimate of drug-likeness (QED) is 0.205. The first-order valence-electron chi connectivity index (χ1n) is 11.2. The van der Waals surface area contributed by atoms with Gasteiger partial charge in [0.05, 0.1) is 12.7 Å². The van der Waals surface area contributed by atoms with Crippen LogP contribution in [0.4, 0.5) is 0 Å². The highest BCUT2D eigenvalue weighted by atomic mass is 127. The van der Waals surface area contributed by atoms with Crippen LogP contribution in [0.3, 0.4) is 0 Å². The molecule has 2 fully saturated rings. The fourth-order valence-corrected chi connectivity index (χ4v) is 4.04. The molecule has 2 aliphatic heterocycles. The zero-order chi connectivity index (χ0) is 19.3. The van der Waals surface area contributed by atoms with E-state index in [9.17, 15) is 0 Å². The van der Waals surface area contributed by atoms with Crippen molar-refractivity contribution in [1.29, 1.82) is 0 Å². The molecule has 2 rings (SSSR count). The molecule has 0 amide bonds. The molecular weight excluding hydrogens is 465 g/mol. The largest absolute Gasteiger partial charge is 0.374 e. The van der Waals surface area contributed by atoms with Crippen LogP contribution in [0.2, 0.25) is 0 Å². The number of unbranched alkanes of at least 4 members (excludes halogenated alkanes) is 2. The second kappa shape index (κ2) is 15.7. The van der Waals surface area contributed by atoms with Crippen LogP contribution >= 0.6 is 24.0 Å². The first-order valence-corrected chi connectivity index (χ1v) is 11.2. The second-order valence-electron chi connectivity index (χ2n) is 8.49. The standard InChI is InChI=1S/C21H43N5O.HI/c1-19(2)17-26-14-15-27-20(18-26)16-24-21(22-3)23-10-6-4-7-11-25-12-8-5-9-13-25;/h19-20H,4-18H2,1-3H3,(H2,22,23,24);1H. The van der Waals surface area contributed by atoms with Crippen LogP contribution in [0, 0.1) is 5.92 Å². The maximum atomic E-state index is 5.91. The maximum Gasteiger partial charge on any atom is 0.191 e. The summed E-state index contributed by atoms with van der Waals surface area (Å²) in [4.78, 5) is 9.49. The van der Waals surface area contributed by atoms with E-state index in [0.29, 0.717) is 5.92 Å². The third-order valence-corrected chi connectivity index (χ3v) is 5.46. The number of halogens is 1. The summed E-state index contributed by atoms with van der Waals surface area (Å²) >= 11 is 0. The number of nitrogens with zero attached hydrogens (tertiary/aromatic N) is 3. The first-order chi connectivity index (χ1) is 13.2. The van der Waals surface area contributed by atoms with Crippen LogP contribution in [0.1, 0.15) is 52.4 Å². The van der Waals surface area contributed by atoms with Crippen LogP contribution in [0.5, 0.6) is 0 Å². The van der Waals surface area contributed by atoms with Crippen LogP contribution < -0.4 is 10.6 Å². The Morgan fingerprint density at radius 1 is 1.04 bits per heavy atom. The van der Waals surface area contributed by atoms with Gasteiger partial charge in [0.25, 0.3) is 0 Å². The summed E-state index contributed by atoms with van der Waals surface area (Å²) in [5, 5.41) is 6.88. The summed E-state index contributed by atoms with van der Waals surface area (Å²) in [5.74, 6) is 1.61. The van der Waals surface area contributed by atoms with Crippen molar-refractivity contribution in [3.05, 3.63) is 0 Å². The van der Waals surface area contributed by atoms with Gasteiger partial charge in [0.1, 0.15) is 0 Å². The number of piperidine rings is 1. The lowest BCUT2D eigenvalue weighted by Gasteiger charge is -2.34. The molecule has 0 aromatic heterocycles. The average Bonchev–Trinajstić information content (AvgIpc) is 2.67. The predicted octanol–water partition coefficient (Wildman–Crippen LogP) is 2.78. The number of morpholine rings is 1. The zero-order valence-electron chi connectivity index (χ0n) is 18.4. The van der Waals surface area contributed by atoms with Gasteiger partial charge >= 0.3 is 0 Å². The normalized spacial score (nSPS) is 22.1. The maximum absolute atomic E-state index is 5.91. The van der Waals surface area contributed by atoms with E-state index < -0.39 is 0 Å². The van der Waals surface area contributed by atoms with E-state index >= 15 is 0 Å². The van der Waals surface area contributed by atoms with Gasteiger partial charge in [0.15, 0.2) is 5.96 Å². The van der Waals surface area contributed by atoms with E-state index in [2.05, 4.69) is 39.3 Å². The highest BCUT2D eigenvalue weighted by Gasteiger charge is 2.21. The SMILES string of the molecule is CN=C(NCCCCCN1CCCCC1)NCC1CN(CC(C)C)CCO1.I. The van der Waals surface area contributed by atoms with Gasteiger partial charge in [-0.3, -0.25) is 9.89 Å². The van der Waals surface area contributed by atoms with Crippen molar-refractivity contribution < 1.29 is 4.74 Å². The van der Waals surface area contributed by atoms with Gasteiger partial charge in [0, 0.05) is 39.8 Å². The molecule has 2 saturated heterocycles. The number of ether oxygens (including phenoxy) is 1. The Morgan fingerprint density at radius 2 is 1.82 bits per heavy atom. The van der Waals surface area contributed by atoms with E-state index in [4.69, 9.17) is 4.74 Å². The van der Waals surface area contributed by atoms with Crippen molar-refractivity contribution in [3.8, 4) is 0 Å². The summed E-state index contributed by atoms with van der Waals surface area (Å²) in [5.41, 5.74) is 0. The number of rotatable bonds is 10. The van der Waals surface area contributed by atoms with Gasteiger partial charge in [-0.1, -0.05) is 26.7 Å². The Balaban J connectivity index is 0.00000392. The number of hydrogen-bond donors (Lipinski definition) is 2. The Bertz CT molecular complexity index is 416. The summed E-state index contributed by atoms with van der Waals surface area (Å²) in [6.07, 6.45) is 8.27. The molecule has 2 aliphatic rings. The molecule has 0 saturated carbocycles. The fourth-order valence-electron chi connectivity index (χ4n) is 4.04. The lowest BCUT2D eigenvalue weighted by atomic mass is 10.1. The highest BCUT2D eigenvalue weighted by molar-refractivity contribution is 14.0. The van der Waals surface area contributed by atoms with Gasteiger partial charge < -0.3 is 20.3 Å². The Hall–Kier alpha value is -0.120. The molecule has 0 aromatic rings. The van der Waals surface area contributed by atoms with Crippen molar-refractivity contribution in [2.75, 3.05) is 66.0 Å². The fraction of sp³-hybridized carbons (Fsp3) is 0.952. The van der Waals surface area contributed by atoms with Gasteiger partial charge in [-0.15, -0.1) is 24.0 Å². The molecule has 0 radical (unpaired) electrons. The topological polar surface area (TPSA) is 52.1 Å². The molecule has 2 N–H and O–H groups in total. The molecular formula is C21H44IN5O. The van der Waals surface area contributed by atoms with Crippen LogP contribution in [0.25, 0.3) is 0 Å². The molecule has 2 heterocycles. The van der Waals surface area contributed by atoms with Crippen molar-refractivity contribution in [2.24, 2.45) is 10.9 Å². The molecule has 1 unspecified atom stereocenters. The van der Waals surface area contributed by atoms with E-state index in [1.54, 1.807) is 0 Å². The summed E-state index contributed by atoms with van der Waals surface area (Å²) in [7, 11) is 1.85. The van der Waals surface area contributed by atoms with Crippen molar-refractivity contribution >= 4 is 29.9 Å². The van der Waals surface area contributed by atoms with E-state index in [1.165, 1.54) is 58.2 Å². The van der Waals surface area contributed by atoms with Gasteiger partial charge in [-0.25, -0.2) is 0 Å². The minimum Gasteiger partial charge on any atom is -0.374 e. The number of likely N-dealkylation sites (tertiary alicyclic amines) is 1. The lowest BCUT2D eigenvalue weighted by Crippen LogP contribution is -2.50. The third kappa shape index (κ3) is 11.2. The molecule has 0 bridgehead atoms. The minimum absolute atomic E-state index is 0. The Labute approximate surface area is 190 Å². The Kier molecular flexibility index (Phi) is 14.5. The molecule has 6 nitrogen and oxygen atoms in total. The molecule has 7 heteroatoms. The predicted molar refractivity (Wildman–Crippen MR) is 130 cm³/mol.